The molecule has 0 bridgehead atoms. The second-order valence-corrected chi connectivity index (χ2v) is 9.60. The predicted molar refractivity (Wildman–Crippen MR) is 141 cm³/mol. The van der Waals surface area contributed by atoms with Gasteiger partial charge in [0.2, 0.25) is 5.91 Å². The second-order valence-electron chi connectivity index (χ2n) is 9.60. The van der Waals surface area contributed by atoms with Gasteiger partial charge in [0.05, 0.1) is 6.04 Å². The summed E-state index contributed by atoms with van der Waals surface area (Å²) in [4.78, 5) is 30.4. The van der Waals surface area contributed by atoms with Crippen molar-refractivity contribution < 1.29 is 9.59 Å². The Morgan fingerprint density at radius 3 is 2.46 bits per heavy atom. The van der Waals surface area contributed by atoms with Crippen LogP contribution < -0.4 is 5.32 Å². The summed E-state index contributed by atoms with van der Waals surface area (Å²) in [5.41, 5.74) is 5.23. The minimum absolute atomic E-state index is 0.0382. The molecule has 1 N–H and O–H groups in total. The first-order valence-corrected chi connectivity index (χ1v) is 12.5. The normalized spacial score (nSPS) is 15.1. The average Bonchev–Trinajstić information content (AvgIpc) is 3.33. The number of amides is 3. The van der Waals surface area contributed by atoms with Crippen molar-refractivity contribution in [1.29, 1.82) is 0 Å². The third-order valence-electron chi connectivity index (χ3n) is 6.77. The van der Waals surface area contributed by atoms with Crippen LogP contribution in [-0.2, 0) is 11.3 Å². The molecule has 184 valence electrons. The van der Waals surface area contributed by atoms with E-state index >= 15 is 0 Å². The van der Waals surface area contributed by atoms with Crippen molar-refractivity contribution >= 4 is 17.6 Å². The van der Waals surface area contributed by atoms with Gasteiger partial charge >= 0.3 is 6.03 Å². The minimum Gasteiger partial charge on any atom is -0.348 e. The van der Waals surface area contributed by atoms with Crippen LogP contribution in [0, 0.1) is 6.92 Å². The van der Waals surface area contributed by atoms with Gasteiger partial charge in [0.1, 0.15) is 6.54 Å². The van der Waals surface area contributed by atoms with E-state index in [0.717, 1.165) is 35.5 Å². The third kappa shape index (κ3) is 5.42. The highest BCUT2D eigenvalue weighted by Crippen LogP contribution is 2.33. The number of carbonyl (C=O) groups excluding carboxylic acids is 2. The molecule has 35 heavy (non-hydrogen) atoms. The molecule has 1 aromatic heterocycles. The van der Waals surface area contributed by atoms with Crippen LogP contribution in [0.2, 0.25) is 0 Å². The van der Waals surface area contributed by atoms with Gasteiger partial charge in [-0.25, -0.2) is 4.79 Å². The number of nitrogens with one attached hydrogen (secondary N) is 1. The van der Waals surface area contributed by atoms with Crippen LogP contribution in [0.4, 0.5) is 10.5 Å². The highest BCUT2D eigenvalue weighted by molar-refractivity contribution is 5.93. The zero-order chi connectivity index (χ0) is 24.9. The van der Waals surface area contributed by atoms with E-state index in [2.05, 4.69) is 60.3 Å². The molecule has 1 aliphatic heterocycles. The maximum Gasteiger partial charge on any atom is 0.322 e. The summed E-state index contributed by atoms with van der Waals surface area (Å²) >= 11 is 0. The number of hydrogen-bond donors (Lipinski definition) is 1. The fourth-order valence-electron chi connectivity index (χ4n) is 4.75. The SMILES string of the molecule is CCCN(CC(=O)N1CCn2cccc2C1c1ccc(C(C)C)cc1)C(=O)Nc1ccccc1C. The Bertz CT molecular complexity index is 1170. The molecular weight excluding hydrogens is 436 g/mol. The summed E-state index contributed by atoms with van der Waals surface area (Å²) in [5, 5.41) is 2.99. The van der Waals surface area contributed by atoms with Crippen molar-refractivity contribution in [2.75, 3.05) is 25.0 Å². The molecule has 6 nitrogen and oxygen atoms in total. The van der Waals surface area contributed by atoms with Gasteiger partial charge in [-0.15, -0.1) is 0 Å². The number of anilines is 1. The maximum atomic E-state index is 13.7. The van der Waals surface area contributed by atoms with Crippen LogP contribution >= 0.6 is 0 Å². The fraction of sp³-hybridized carbons (Fsp3) is 0.379. The number of urea groups is 1. The molecule has 1 unspecified atom stereocenters. The lowest BCUT2D eigenvalue weighted by molar-refractivity contribution is -0.134. The van der Waals surface area contributed by atoms with Gasteiger partial charge in [-0.2, -0.15) is 0 Å². The first kappa shape index (κ1) is 24.6. The van der Waals surface area contributed by atoms with Crippen molar-refractivity contribution in [3.63, 3.8) is 0 Å². The molecule has 1 aliphatic rings. The molecule has 0 spiro atoms. The number of aromatic nitrogens is 1. The Hall–Kier alpha value is -3.54. The standard InChI is InChI=1S/C29H36N4O2/c1-5-16-32(29(35)30-25-10-7-6-9-22(25)4)20-27(34)33-19-18-31-17-8-11-26(31)28(33)24-14-12-23(13-15-24)21(2)3/h6-15,17,21,28H,5,16,18-20H2,1-4H3,(H,30,35). The van der Waals surface area contributed by atoms with Gasteiger partial charge in [-0.1, -0.05) is 63.2 Å². The highest BCUT2D eigenvalue weighted by Gasteiger charge is 2.33. The summed E-state index contributed by atoms with van der Waals surface area (Å²) in [6.45, 7) is 10.3. The quantitative estimate of drug-likeness (QED) is 0.473. The molecule has 1 atom stereocenters. The fourth-order valence-corrected chi connectivity index (χ4v) is 4.75. The number of fused-ring (bicyclic) bond motifs is 1. The van der Waals surface area contributed by atoms with E-state index in [9.17, 15) is 9.59 Å². The van der Waals surface area contributed by atoms with E-state index in [1.54, 1.807) is 4.90 Å². The Morgan fingerprint density at radius 2 is 1.77 bits per heavy atom. The Kier molecular flexibility index (Phi) is 7.59. The Morgan fingerprint density at radius 1 is 1.03 bits per heavy atom. The molecule has 0 radical (unpaired) electrons. The molecule has 0 saturated carbocycles. The zero-order valence-electron chi connectivity index (χ0n) is 21.2. The van der Waals surface area contributed by atoms with E-state index in [0.29, 0.717) is 19.0 Å². The first-order valence-electron chi connectivity index (χ1n) is 12.5. The molecule has 3 amide bonds. The molecule has 4 rings (SSSR count). The van der Waals surface area contributed by atoms with Crippen molar-refractivity contribution in [3.8, 4) is 0 Å². The number of nitrogens with zero attached hydrogens (tertiary/aromatic N) is 3. The number of carbonyl (C=O) groups is 2. The van der Waals surface area contributed by atoms with Crippen molar-refractivity contribution in [2.24, 2.45) is 0 Å². The minimum atomic E-state index is -0.243. The summed E-state index contributed by atoms with van der Waals surface area (Å²) in [6.07, 6.45) is 2.85. The smallest absolute Gasteiger partial charge is 0.322 e. The van der Waals surface area contributed by atoms with E-state index in [4.69, 9.17) is 0 Å². The van der Waals surface area contributed by atoms with Crippen molar-refractivity contribution in [2.45, 2.75) is 52.6 Å². The average molecular weight is 473 g/mol. The molecule has 6 heteroatoms. The van der Waals surface area contributed by atoms with Crippen molar-refractivity contribution in [3.05, 3.63) is 89.2 Å². The third-order valence-corrected chi connectivity index (χ3v) is 6.77. The predicted octanol–water partition coefficient (Wildman–Crippen LogP) is 5.80. The Balaban J connectivity index is 1.57. The topological polar surface area (TPSA) is 57.6 Å². The van der Waals surface area contributed by atoms with Gasteiger partial charge in [-0.3, -0.25) is 4.79 Å². The van der Waals surface area contributed by atoms with E-state index in [1.807, 2.05) is 49.1 Å². The lowest BCUT2D eigenvalue weighted by Crippen LogP contribution is -2.48. The van der Waals surface area contributed by atoms with Gasteiger partial charge in [0.15, 0.2) is 0 Å². The Labute approximate surface area is 208 Å². The van der Waals surface area contributed by atoms with Crippen LogP contribution in [0.1, 0.15) is 61.5 Å². The first-order chi connectivity index (χ1) is 16.9. The summed E-state index contributed by atoms with van der Waals surface area (Å²) < 4.78 is 2.22. The summed E-state index contributed by atoms with van der Waals surface area (Å²) in [7, 11) is 0. The number of rotatable bonds is 7. The summed E-state index contributed by atoms with van der Waals surface area (Å²) in [6, 6.07) is 20.0. The monoisotopic (exact) mass is 472 g/mol. The lowest BCUT2D eigenvalue weighted by atomic mass is 9.95. The molecule has 0 fully saturated rings. The number of benzene rings is 2. The zero-order valence-corrected chi connectivity index (χ0v) is 21.2. The van der Waals surface area contributed by atoms with Gasteiger partial charge in [0.25, 0.3) is 0 Å². The van der Waals surface area contributed by atoms with E-state index in [-0.39, 0.29) is 24.5 Å². The maximum absolute atomic E-state index is 13.7. The number of aryl methyl sites for hydroxylation is 1. The van der Waals surface area contributed by atoms with E-state index in [1.165, 1.54) is 5.56 Å². The van der Waals surface area contributed by atoms with Crippen molar-refractivity contribution in [1.82, 2.24) is 14.4 Å². The number of hydrogen-bond acceptors (Lipinski definition) is 2. The lowest BCUT2D eigenvalue weighted by Gasteiger charge is -2.38. The van der Waals surface area contributed by atoms with Crippen LogP contribution in [-0.4, -0.2) is 45.9 Å². The molecule has 2 heterocycles. The molecule has 3 aromatic rings. The highest BCUT2D eigenvalue weighted by atomic mass is 16.2. The molecule has 0 aliphatic carbocycles. The molecule has 2 aromatic carbocycles. The second kappa shape index (κ2) is 10.8. The molecule has 0 saturated heterocycles. The largest absolute Gasteiger partial charge is 0.348 e. The van der Waals surface area contributed by atoms with Gasteiger partial charge in [-0.05, 0) is 54.2 Å². The summed E-state index contributed by atoms with van der Waals surface area (Å²) in [5.74, 6) is 0.412. The van der Waals surface area contributed by atoms with Gasteiger partial charge in [0, 0.05) is 37.2 Å². The molecular formula is C29H36N4O2. The van der Waals surface area contributed by atoms with E-state index < -0.39 is 0 Å². The van der Waals surface area contributed by atoms with Crippen LogP contribution in [0.15, 0.2) is 66.9 Å². The number of para-hydroxylation sites is 1. The van der Waals surface area contributed by atoms with Gasteiger partial charge < -0.3 is 19.7 Å². The van der Waals surface area contributed by atoms with Crippen LogP contribution in [0.25, 0.3) is 0 Å². The van der Waals surface area contributed by atoms with Crippen LogP contribution in [0.3, 0.4) is 0 Å². The van der Waals surface area contributed by atoms with Crippen LogP contribution in [0.5, 0.6) is 0 Å².